The summed E-state index contributed by atoms with van der Waals surface area (Å²) in [4.78, 5) is 22.2. The fraction of sp³-hybridized carbons (Fsp3) is 0.0769. The first kappa shape index (κ1) is 11.7. The minimum atomic E-state index is -1.33. The number of hydrogen-bond donors (Lipinski definition) is 0. The molecule has 96 valence electrons. The second-order valence-corrected chi connectivity index (χ2v) is 4.80. The van der Waals surface area contributed by atoms with Gasteiger partial charge in [-0.15, -0.1) is 0 Å². The van der Waals surface area contributed by atoms with Crippen molar-refractivity contribution in [2.45, 2.75) is 6.54 Å². The van der Waals surface area contributed by atoms with Gasteiger partial charge in [-0.05, 0) is 40.1 Å². The zero-order valence-corrected chi connectivity index (χ0v) is 10.5. The molecule has 19 heavy (non-hydrogen) atoms. The number of hydrogen-bond acceptors (Lipinski definition) is 5. The molecule has 0 saturated carbocycles. The Hall–Kier alpha value is -2.34. The molecule has 0 amide bonds. The lowest BCUT2D eigenvalue weighted by Crippen LogP contribution is -2.31. The van der Waals surface area contributed by atoms with E-state index in [1.54, 1.807) is 23.5 Å². The van der Waals surface area contributed by atoms with Crippen molar-refractivity contribution >= 4 is 28.4 Å². The van der Waals surface area contributed by atoms with Gasteiger partial charge >= 0.3 is 5.76 Å². The molecule has 2 aromatic heterocycles. The van der Waals surface area contributed by atoms with Crippen LogP contribution >= 0.6 is 11.3 Å². The van der Waals surface area contributed by atoms with Gasteiger partial charge in [-0.2, -0.15) is 11.3 Å². The van der Waals surface area contributed by atoms with Gasteiger partial charge in [0.25, 0.3) is 0 Å². The number of fused-ring (bicyclic) bond motifs is 1. The average Bonchev–Trinajstić information content (AvgIpc) is 2.98. The summed E-state index contributed by atoms with van der Waals surface area (Å²) < 4.78 is 6.05. The highest BCUT2D eigenvalue weighted by Gasteiger charge is 2.10. The van der Waals surface area contributed by atoms with E-state index in [0.717, 1.165) is 15.7 Å². The predicted molar refractivity (Wildman–Crippen MR) is 68.8 cm³/mol. The molecular formula is C13H8NO4S-. The number of nitrogens with zero attached hydrogens (tertiary/aromatic N) is 1. The first-order valence-corrected chi connectivity index (χ1v) is 6.45. The van der Waals surface area contributed by atoms with Gasteiger partial charge in [-0.1, -0.05) is 6.07 Å². The van der Waals surface area contributed by atoms with Crippen molar-refractivity contribution in [1.29, 1.82) is 0 Å². The van der Waals surface area contributed by atoms with Gasteiger partial charge < -0.3 is 14.3 Å². The van der Waals surface area contributed by atoms with Gasteiger partial charge in [0.1, 0.15) is 0 Å². The first-order valence-electron chi connectivity index (χ1n) is 5.51. The minimum Gasteiger partial charge on any atom is -0.548 e. The monoisotopic (exact) mass is 274 g/mol. The Morgan fingerprint density at radius 1 is 1.32 bits per heavy atom. The third-order valence-electron chi connectivity index (χ3n) is 2.81. The smallest absolute Gasteiger partial charge is 0.420 e. The predicted octanol–water partition coefficient (Wildman–Crippen LogP) is 1.07. The van der Waals surface area contributed by atoms with Crippen LogP contribution in [0.15, 0.2) is 44.2 Å². The van der Waals surface area contributed by atoms with Crippen LogP contribution in [0.1, 0.15) is 0 Å². The van der Waals surface area contributed by atoms with Crippen LogP contribution in [0.3, 0.4) is 0 Å². The summed E-state index contributed by atoms with van der Waals surface area (Å²) in [5, 5.41) is 14.6. The van der Waals surface area contributed by atoms with Crippen molar-refractivity contribution < 1.29 is 14.3 Å². The summed E-state index contributed by atoms with van der Waals surface area (Å²) >= 11 is 1.56. The summed E-state index contributed by atoms with van der Waals surface area (Å²) in [5.41, 5.74) is 2.74. The number of carbonyl (C=O) groups excluding carboxylic acids is 1. The summed E-state index contributed by atoms with van der Waals surface area (Å²) in [7, 11) is 0. The highest BCUT2D eigenvalue weighted by atomic mass is 32.1. The molecule has 3 rings (SSSR count). The Labute approximate surface area is 111 Å². The molecule has 0 spiro atoms. The lowest BCUT2D eigenvalue weighted by molar-refractivity contribution is -0.306. The highest BCUT2D eigenvalue weighted by Crippen LogP contribution is 2.25. The van der Waals surface area contributed by atoms with Gasteiger partial charge in [0, 0.05) is 0 Å². The summed E-state index contributed by atoms with van der Waals surface area (Å²) in [6.45, 7) is -0.515. The van der Waals surface area contributed by atoms with Crippen molar-refractivity contribution in [2.24, 2.45) is 0 Å². The Balaban J connectivity index is 2.21. The van der Waals surface area contributed by atoms with Crippen molar-refractivity contribution in [1.82, 2.24) is 4.57 Å². The first-order chi connectivity index (χ1) is 9.15. The molecule has 0 aliphatic carbocycles. The molecule has 0 bridgehead atoms. The molecular weight excluding hydrogens is 266 g/mol. The van der Waals surface area contributed by atoms with Crippen LogP contribution in [0.4, 0.5) is 0 Å². The lowest BCUT2D eigenvalue weighted by Gasteiger charge is -2.03. The van der Waals surface area contributed by atoms with E-state index in [1.165, 1.54) is 0 Å². The summed E-state index contributed by atoms with van der Waals surface area (Å²) in [6, 6.07) is 7.19. The van der Waals surface area contributed by atoms with Gasteiger partial charge in [0.15, 0.2) is 5.58 Å². The van der Waals surface area contributed by atoms with Gasteiger partial charge in [-0.3, -0.25) is 4.57 Å². The molecule has 0 aliphatic heterocycles. The van der Waals surface area contributed by atoms with Crippen molar-refractivity contribution in [3.63, 3.8) is 0 Å². The zero-order chi connectivity index (χ0) is 13.4. The van der Waals surface area contributed by atoms with Crippen LogP contribution < -0.4 is 10.9 Å². The number of oxazole rings is 1. The zero-order valence-electron chi connectivity index (χ0n) is 9.66. The van der Waals surface area contributed by atoms with Crippen LogP contribution in [0.5, 0.6) is 0 Å². The highest BCUT2D eigenvalue weighted by molar-refractivity contribution is 7.08. The summed E-state index contributed by atoms with van der Waals surface area (Å²) in [5.74, 6) is -2.02. The van der Waals surface area contributed by atoms with E-state index in [4.69, 9.17) is 4.42 Å². The molecule has 2 heterocycles. The van der Waals surface area contributed by atoms with E-state index in [2.05, 4.69) is 0 Å². The van der Waals surface area contributed by atoms with E-state index >= 15 is 0 Å². The van der Waals surface area contributed by atoms with Gasteiger partial charge in [-0.25, -0.2) is 4.79 Å². The number of thiophene rings is 1. The maximum Gasteiger partial charge on any atom is 0.420 e. The number of carboxylic acids is 1. The number of carbonyl (C=O) groups is 1. The number of aliphatic carboxylic acids is 1. The van der Waals surface area contributed by atoms with E-state index in [-0.39, 0.29) is 0 Å². The Morgan fingerprint density at radius 2 is 2.16 bits per heavy atom. The maximum atomic E-state index is 11.6. The molecule has 6 heteroatoms. The van der Waals surface area contributed by atoms with Crippen molar-refractivity contribution in [2.75, 3.05) is 0 Å². The molecule has 0 saturated heterocycles. The fourth-order valence-corrected chi connectivity index (χ4v) is 2.61. The van der Waals surface area contributed by atoms with Crippen LogP contribution in [0, 0.1) is 0 Å². The Bertz CT molecular complexity index is 798. The SMILES string of the molecule is O=C([O-])Cn1c(=O)oc2ccc(-c3ccsc3)cc21. The second kappa shape index (κ2) is 4.40. The van der Waals surface area contributed by atoms with Crippen molar-refractivity contribution in [3.8, 4) is 11.1 Å². The van der Waals surface area contributed by atoms with Crippen LogP contribution in [-0.4, -0.2) is 10.5 Å². The number of aromatic nitrogens is 1. The molecule has 1 aromatic carbocycles. The second-order valence-electron chi connectivity index (χ2n) is 4.02. The number of carboxylic acid groups (broad SMARTS) is 1. The van der Waals surface area contributed by atoms with Crippen LogP contribution in [-0.2, 0) is 11.3 Å². The normalized spacial score (nSPS) is 10.9. The number of benzene rings is 1. The van der Waals surface area contributed by atoms with E-state index in [1.807, 2.05) is 22.9 Å². The molecule has 5 nitrogen and oxygen atoms in total. The molecule has 0 fully saturated rings. The standard InChI is InChI=1S/C13H9NO4S/c15-12(16)6-14-10-5-8(9-3-4-19-7-9)1-2-11(10)18-13(14)17/h1-5,7H,6H2,(H,15,16)/p-1. The van der Waals surface area contributed by atoms with Gasteiger partial charge in [0.05, 0.1) is 18.0 Å². The molecule has 3 aromatic rings. The fourth-order valence-electron chi connectivity index (χ4n) is 1.95. The van der Waals surface area contributed by atoms with Crippen LogP contribution in [0.2, 0.25) is 0 Å². The molecule has 0 aliphatic rings. The number of rotatable bonds is 3. The van der Waals surface area contributed by atoms with Crippen LogP contribution in [0.25, 0.3) is 22.2 Å². The largest absolute Gasteiger partial charge is 0.548 e. The maximum absolute atomic E-state index is 11.6. The minimum absolute atomic E-state index is 0.366. The van der Waals surface area contributed by atoms with Gasteiger partial charge in [0.2, 0.25) is 0 Å². The Morgan fingerprint density at radius 3 is 2.84 bits per heavy atom. The van der Waals surface area contributed by atoms with Crippen molar-refractivity contribution in [3.05, 3.63) is 45.6 Å². The Kier molecular flexibility index (Phi) is 2.72. The van der Waals surface area contributed by atoms with E-state index < -0.39 is 18.3 Å². The molecule has 0 radical (unpaired) electrons. The quantitative estimate of drug-likeness (QED) is 0.716. The third-order valence-corrected chi connectivity index (χ3v) is 3.49. The third kappa shape index (κ3) is 2.06. The average molecular weight is 274 g/mol. The van der Waals surface area contributed by atoms with E-state index in [0.29, 0.717) is 11.1 Å². The molecule has 0 atom stereocenters. The molecule has 0 unspecified atom stereocenters. The summed E-state index contributed by atoms with van der Waals surface area (Å²) in [6.07, 6.45) is 0. The lowest BCUT2D eigenvalue weighted by atomic mass is 10.1. The molecule has 0 N–H and O–H groups in total. The topological polar surface area (TPSA) is 75.3 Å². The van der Waals surface area contributed by atoms with E-state index in [9.17, 15) is 14.7 Å².